The molecule has 5 heteroatoms. The van der Waals surface area contributed by atoms with Crippen molar-refractivity contribution in [1.82, 2.24) is 20.1 Å². The number of nitrogens with zero attached hydrogens (tertiary/aromatic N) is 3. The van der Waals surface area contributed by atoms with Crippen LogP contribution in [0.25, 0.3) is 0 Å². The molecule has 0 bridgehead atoms. The van der Waals surface area contributed by atoms with Gasteiger partial charge in [-0.2, -0.15) is 5.10 Å². The summed E-state index contributed by atoms with van der Waals surface area (Å²) >= 11 is 0. The van der Waals surface area contributed by atoms with E-state index in [1.54, 1.807) is 6.20 Å². The first-order chi connectivity index (χ1) is 9.66. The highest BCUT2D eigenvalue weighted by atomic mass is 16.5. The van der Waals surface area contributed by atoms with Gasteiger partial charge in [0, 0.05) is 50.2 Å². The first kappa shape index (κ1) is 14.5. The summed E-state index contributed by atoms with van der Waals surface area (Å²) in [5.74, 6) is 0.718. The molecule has 0 saturated carbocycles. The molecule has 0 radical (unpaired) electrons. The summed E-state index contributed by atoms with van der Waals surface area (Å²) in [6, 6.07) is 6.02. The standard InChI is InChI=1S/C15H22N4O/c1-12(2)20-15-13(5-4-8-17-15)11-16-9-6-14-7-10-18-19(14)3/h4-5,7-8,10,12,16H,6,9,11H2,1-3H3. The predicted molar refractivity (Wildman–Crippen MR) is 78.6 cm³/mol. The van der Waals surface area contributed by atoms with E-state index >= 15 is 0 Å². The summed E-state index contributed by atoms with van der Waals surface area (Å²) in [5.41, 5.74) is 2.31. The third-order valence-electron chi connectivity index (χ3n) is 2.99. The van der Waals surface area contributed by atoms with Gasteiger partial charge in [0.1, 0.15) is 0 Å². The Bertz CT molecular complexity index is 536. The largest absolute Gasteiger partial charge is 0.475 e. The van der Waals surface area contributed by atoms with Crippen molar-refractivity contribution in [1.29, 1.82) is 0 Å². The van der Waals surface area contributed by atoms with Crippen LogP contribution in [0.2, 0.25) is 0 Å². The average Bonchev–Trinajstić information content (AvgIpc) is 2.81. The van der Waals surface area contributed by atoms with Gasteiger partial charge in [-0.1, -0.05) is 6.07 Å². The fourth-order valence-electron chi connectivity index (χ4n) is 1.97. The number of hydrogen-bond acceptors (Lipinski definition) is 4. The minimum absolute atomic E-state index is 0.137. The van der Waals surface area contributed by atoms with Crippen LogP contribution in [0.15, 0.2) is 30.6 Å². The lowest BCUT2D eigenvalue weighted by atomic mass is 10.2. The molecule has 0 spiro atoms. The van der Waals surface area contributed by atoms with Gasteiger partial charge in [-0.15, -0.1) is 0 Å². The lowest BCUT2D eigenvalue weighted by Gasteiger charge is -2.13. The van der Waals surface area contributed by atoms with Crippen LogP contribution in [0.3, 0.4) is 0 Å². The number of ether oxygens (including phenoxy) is 1. The second-order valence-corrected chi connectivity index (χ2v) is 5.01. The van der Waals surface area contributed by atoms with Gasteiger partial charge in [0.2, 0.25) is 5.88 Å². The molecule has 0 fully saturated rings. The Hall–Kier alpha value is -1.88. The number of nitrogens with one attached hydrogen (secondary N) is 1. The minimum Gasteiger partial charge on any atom is -0.475 e. The Labute approximate surface area is 120 Å². The molecular weight excluding hydrogens is 252 g/mol. The van der Waals surface area contributed by atoms with Gasteiger partial charge in [0.05, 0.1) is 6.10 Å². The van der Waals surface area contributed by atoms with E-state index in [2.05, 4.69) is 15.4 Å². The van der Waals surface area contributed by atoms with E-state index in [4.69, 9.17) is 4.74 Å². The molecule has 0 aliphatic heterocycles. The van der Waals surface area contributed by atoms with E-state index in [-0.39, 0.29) is 6.10 Å². The van der Waals surface area contributed by atoms with Crippen LogP contribution in [0.4, 0.5) is 0 Å². The fraction of sp³-hybridized carbons (Fsp3) is 0.467. The highest BCUT2D eigenvalue weighted by Gasteiger charge is 2.06. The third kappa shape index (κ3) is 4.06. The van der Waals surface area contributed by atoms with Crippen LogP contribution in [-0.4, -0.2) is 27.4 Å². The van der Waals surface area contributed by atoms with Crippen molar-refractivity contribution in [2.75, 3.05) is 6.54 Å². The molecule has 0 saturated heterocycles. The molecule has 2 rings (SSSR count). The molecular formula is C15H22N4O. The second kappa shape index (κ2) is 7.05. The Morgan fingerprint density at radius 3 is 2.85 bits per heavy atom. The average molecular weight is 274 g/mol. The van der Waals surface area contributed by atoms with Crippen LogP contribution >= 0.6 is 0 Å². The highest BCUT2D eigenvalue weighted by Crippen LogP contribution is 2.15. The van der Waals surface area contributed by atoms with E-state index in [1.807, 2.05) is 50.0 Å². The van der Waals surface area contributed by atoms with E-state index in [0.717, 1.165) is 31.0 Å². The zero-order valence-electron chi connectivity index (χ0n) is 12.3. The Morgan fingerprint density at radius 2 is 2.15 bits per heavy atom. The molecule has 20 heavy (non-hydrogen) atoms. The van der Waals surface area contributed by atoms with E-state index < -0.39 is 0 Å². The quantitative estimate of drug-likeness (QED) is 0.784. The zero-order valence-corrected chi connectivity index (χ0v) is 12.3. The molecule has 1 N–H and O–H groups in total. The predicted octanol–water partition coefficient (Wildman–Crippen LogP) is 1.93. The molecule has 0 aromatic carbocycles. The number of pyridine rings is 1. The Kier molecular flexibility index (Phi) is 5.12. The first-order valence-corrected chi connectivity index (χ1v) is 6.95. The number of rotatable bonds is 7. The lowest BCUT2D eigenvalue weighted by Crippen LogP contribution is -2.19. The van der Waals surface area contributed by atoms with Crippen molar-refractivity contribution >= 4 is 0 Å². The van der Waals surface area contributed by atoms with E-state index in [0.29, 0.717) is 0 Å². The van der Waals surface area contributed by atoms with Gasteiger partial charge < -0.3 is 10.1 Å². The maximum atomic E-state index is 5.70. The van der Waals surface area contributed by atoms with Crippen molar-refractivity contribution < 1.29 is 4.74 Å². The number of hydrogen-bond donors (Lipinski definition) is 1. The highest BCUT2D eigenvalue weighted by molar-refractivity contribution is 5.25. The van der Waals surface area contributed by atoms with Gasteiger partial charge in [0.15, 0.2) is 0 Å². The number of aromatic nitrogens is 3. The van der Waals surface area contributed by atoms with Gasteiger partial charge in [-0.3, -0.25) is 4.68 Å². The fourth-order valence-corrected chi connectivity index (χ4v) is 1.97. The third-order valence-corrected chi connectivity index (χ3v) is 2.99. The molecule has 0 atom stereocenters. The first-order valence-electron chi connectivity index (χ1n) is 6.95. The van der Waals surface area contributed by atoms with Crippen LogP contribution in [0.5, 0.6) is 5.88 Å². The van der Waals surface area contributed by atoms with Crippen molar-refractivity contribution in [3.05, 3.63) is 41.9 Å². The SMILES string of the molecule is CC(C)Oc1ncccc1CNCCc1ccnn1C. The van der Waals surface area contributed by atoms with Gasteiger partial charge in [-0.25, -0.2) is 4.98 Å². The summed E-state index contributed by atoms with van der Waals surface area (Å²) in [4.78, 5) is 4.29. The Balaban J connectivity index is 1.83. The van der Waals surface area contributed by atoms with Crippen LogP contribution in [0, 0.1) is 0 Å². The summed E-state index contributed by atoms with van der Waals surface area (Å²) in [6.45, 7) is 5.67. The zero-order chi connectivity index (χ0) is 14.4. The normalized spacial score (nSPS) is 11.0. The molecule has 2 aromatic rings. The number of aryl methyl sites for hydroxylation is 1. The van der Waals surface area contributed by atoms with Gasteiger partial charge >= 0.3 is 0 Å². The lowest BCUT2D eigenvalue weighted by molar-refractivity contribution is 0.229. The molecule has 0 amide bonds. The summed E-state index contributed by atoms with van der Waals surface area (Å²) in [5, 5.41) is 7.58. The topological polar surface area (TPSA) is 52.0 Å². The van der Waals surface area contributed by atoms with Crippen LogP contribution in [0.1, 0.15) is 25.1 Å². The monoisotopic (exact) mass is 274 g/mol. The maximum absolute atomic E-state index is 5.70. The van der Waals surface area contributed by atoms with Crippen molar-refractivity contribution in [2.45, 2.75) is 32.9 Å². The molecule has 5 nitrogen and oxygen atoms in total. The van der Waals surface area contributed by atoms with Crippen LogP contribution < -0.4 is 10.1 Å². The van der Waals surface area contributed by atoms with Crippen molar-refractivity contribution in [3.63, 3.8) is 0 Å². The second-order valence-electron chi connectivity index (χ2n) is 5.01. The van der Waals surface area contributed by atoms with Gasteiger partial charge in [-0.05, 0) is 26.0 Å². The summed E-state index contributed by atoms with van der Waals surface area (Å²) in [7, 11) is 1.96. The van der Waals surface area contributed by atoms with Gasteiger partial charge in [0.25, 0.3) is 0 Å². The summed E-state index contributed by atoms with van der Waals surface area (Å²) < 4.78 is 7.60. The van der Waals surface area contributed by atoms with Crippen molar-refractivity contribution in [2.24, 2.45) is 7.05 Å². The molecule has 0 unspecified atom stereocenters. The molecule has 2 aromatic heterocycles. The summed E-state index contributed by atoms with van der Waals surface area (Å²) in [6.07, 6.45) is 4.68. The van der Waals surface area contributed by atoms with Crippen molar-refractivity contribution in [3.8, 4) is 5.88 Å². The molecule has 108 valence electrons. The molecule has 0 aliphatic carbocycles. The van der Waals surface area contributed by atoms with Crippen LogP contribution in [-0.2, 0) is 20.0 Å². The molecule has 0 aliphatic rings. The van der Waals surface area contributed by atoms with E-state index in [9.17, 15) is 0 Å². The minimum atomic E-state index is 0.137. The maximum Gasteiger partial charge on any atom is 0.218 e. The van der Waals surface area contributed by atoms with E-state index in [1.165, 1.54) is 5.69 Å². The Morgan fingerprint density at radius 1 is 1.30 bits per heavy atom. The smallest absolute Gasteiger partial charge is 0.218 e. The molecule has 2 heterocycles.